The van der Waals surface area contributed by atoms with Gasteiger partial charge in [0, 0.05) is 5.56 Å². The van der Waals surface area contributed by atoms with Gasteiger partial charge in [-0.1, -0.05) is 12.1 Å². The third-order valence-corrected chi connectivity index (χ3v) is 5.03. The van der Waals surface area contributed by atoms with Crippen LogP contribution in [0.2, 0.25) is 0 Å². The van der Waals surface area contributed by atoms with Crippen molar-refractivity contribution in [1.82, 2.24) is 4.90 Å². The number of hydrogen-bond acceptors (Lipinski definition) is 4. The topological polar surface area (TPSA) is 55.8 Å². The van der Waals surface area contributed by atoms with Crippen LogP contribution in [0.5, 0.6) is 11.5 Å². The van der Waals surface area contributed by atoms with Crippen molar-refractivity contribution in [3.8, 4) is 11.5 Å². The first kappa shape index (κ1) is 20.0. The van der Waals surface area contributed by atoms with Gasteiger partial charge >= 0.3 is 6.36 Å². The highest BCUT2D eigenvalue weighted by atomic mass is 19.4. The van der Waals surface area contributed by atoms with Crippen molar-refractivity contribution >= 4 is 17.4 Å². The number of benzene rings is 2. The van der Waals surface area contributed by atoms with Gasteiger partial charge in [-0.2, -0.15) is 0 Å². The summed E-state index contributed by atoms with van der Waals surface area (Å²) in [5, 5.41) is 0. The predicted octanol–water partition coefficient (Wildman–Crippen LogP) is 4.82. The molecule has 30 heavy (non-hydrogen) atoms. The molecule has 4 rings (SSSR count). The van der Waals surface area contributed by atoms with Gasteiger partial charge in [-0.15, -0.1) is 13.2 Å². The van der Waals surface area contributed by atoms with Crippen LogP contribution >= 0.6 is 0 Å². The largest absolute Gasteiger partial charge is 0.573 e. The van der Waals surface area contributed by atoms with Crippen molar-refractivity contribution in [3.05, 3.63) is 65.2 Å². The molecule has 2 aliphatic heterocycles. The number of fused-ring (bicyclic) bond motifs is 2. The number of amides is 2. The quantitative estimate of drug-likeness (QED) is 0.672. The number of halogens is 3. The summed E-state index contributed by atoms with van der Waals surface area (Å²) in [5.74, 6) is -0.962. The number of alkyl halides is 3. The van der Waals surface area contributed by atoms with Gasteiger partial charge in [-0.3, -0.25) is 14.5 Å². The molecule has 0 radical (unpaired) electrons. The lowest BCUT2D eigenvalue weighted by Crippen LogP contribution is -2.41. The normalized spacial score (nSPS) is 18.3. The third kappa shape index (κ3) is 3.42. The highest BCUT2D eigenvalue weighted by Gasteiger charge is 2.41. The lowest BCUT2D eigenvalue weighted by Gasteiger charge is -2.35. The number of imide groups is 1. The van der Waals surface area contributed by atoms with Gasteiger partial charge in [0.2, 0.25) is 0 Å². The molecule has 0 saturated carbocycles. The second-order valence-corrected chi connectivity index (χ2v) is 7.71. The molecule has 2 aromatic carbocycles. The Kier molecular flexibility index (Phi) is 4.41. The molecule has 2 aliphatic rings. The Hall–Kier alpha value is -3.29. The average Bonchev–Trinajstić information content (AvgIpc) is 2.90. The zero-order valence-electron chi connectivity index (χ0n) is 16.4. The Labute approximate surface area is 170 Å². The van der Waals surface area contributed by atoms with Crippen LogP contribution in [0, 0.1) is 0 Å². The summed E-state index contributed by atoms with van der Waals surface area (Å²) in [5.41, 5.74) is 0.650. The van der Waals surface area contributed by atoms with Gasteiger partial charge in [-0.05, 0) is 62.8 Å². The minimum absolute atomic E-state index is 0.302. The molecule has 1 unspecified atom stereocenters. The van der Waals surface area contributed by atoms with E-state index in [1.54, 1.807) is 51.1 Å². The Morgan fingerprint density at radius 3 is 2.17 bits per heavy atom. The maximum absolute atomic E-state index is 12.9. The average molecular weight is 417 g/mol. The van der Waals surface area contributed by atoms with Crippen LogP contribution in [0.4, 0.5) is 13.2 Å². The molecule has 0 bridgehead atoms. The van der Waals surface area contributed by atoms with Crippen molar-refractivity contribution in [2.75, 3.05) is 0 Å². The molecule has 0 saturated heterocycles. The summed E-state index contributed by atoms with van der Waals surface area (Å²) >= 11 is 0. The molecule has 0 spiro atoms. The summed E-state index contributed by atoms with van der Waals surface area (Å²) in [7, 11) is 0. The molecule has 2 aromatic rings. The van der Waals surface area contributed by atoms with Crippen molar-refractivity contribution in [1.29, 1.82) is 0 Å². The van der Waals surface area contributed by atoms with Crippen molar-refractivity contribution < 1.29 is 32.2 Å². The first-order chi connectivity index (χ1) is 14.0. The van der Waals surface area contributed by atoms with Crippen LogP contribution in [-0.4, -0.2) is 34.7 Å². The van der Waals surface area contributed by atoms with Gasteiger partial charge in [0.05, 0.1) is 17.2 Å². The number of rotatable bonds is 3. The van der Waals surface area contributed by atoms with Gasteiger partial charge in [-0.25, -0.2) is 0 Å². The van der Waals surface area contributed by atoms with E-state index in [1.807, 2.05) is 0 Å². The summed E-state index contributed by atoms with van der Waals surface area (Å²) in [6.07, 6.45) is -3.14. The Morgan fingerprint density at radius 1 is 1.00 bits per heavy atom. The molecule has 8 heteroatoms. The predicted molar refractivity (Wildman–Crippen MR) is 102 cm³/mol. The lowest BCUT2D eigenvalue weighted by molar-refractivity contribution is -0.274. The van der Waals surface area contributed by atoms with Crippen LogP contribution in [-0.2, 0) is 0 Å². The number of carbonyl (C=O) groups is 2. The molecule has 0 fully saturated rings. The number of nitrogens with zero attached hydrogens (tertiary/aromatic N) is 1. The van der Waals surface area contributed by atoms with Crippen molar-refractivity contribution in [3.63, 3.8) is 0 Å². The van der Waals surface area contributed by atoms with Crippen LogP contribution in [0.1, 0.15) is 47.1 Å². The highest BCUT2D eigenvalue weighted by molar-refractivity contribution is 6.22. The Morgan fingerprint density at radius 2 is 1.60 bits per heavy atom. The maximum Gasteiger partial charge on any atom is 0.573 e. The molecule has 2 amide bonds. The van der Waals surface area contributed by atoms with Gasteiger partial charge < -0.3 is 9.47 Å². The zero-order valence-corrected chi connectivity index (χ0v) is 16.4. The van der Waals surface area contributed by atoms with E-state index < -0.39 is 35.6 Å². The molecule has 1 atom stereocenters. The van der Waals surface area contributed by atoms with E-state index in [4.69, 9.17) is 4.74 Å². The van der Waals surface area contributed by atoms with E-state index in [1.165, 1.54) is 12.1 Å². The smallest absolute Gasteiger partial charge is 0.483 e. The van der Waals surface area contributed by atoms with Crippen molar-refractivity contribution in [2.24, 2.45) is 0 Å². The summed E-state index contributed by atoms with van der Waals surface area (Å²) in [6, 6.07) is 9.52. The molecule has 0 aromatic heterocycles. The van der Waals surface area contributed by atoms with E-state index in [0.717, 1.165) is 11.0 Å². The first-order valence-corrected chi connectivity index (χ1v) is 9.26. The van der Waals surface area contributed by atoms with Crippen LogP contribution in [0.15, 0.2) is 48.5 Å². The minimum Gasteiger partial charge on any atom is -0.483 e. The van der Waals surface area contributed by atoms with Gasteiger partial charge in [0.1, 0.15) is 17.1 Å². The fraction of sp³-hybridized carbons (Fsp3) is 0.273. The molecule has 2 heterocycles. The maximum atomic E-state index is 12.9. The lowest BCUT2D eigenvalue weighted by atomic mass is 9.89. The van der Waals surface area contributed by atoms with Gasteiger partial charge in [0.25, 0.3) is 11.8 Å². The highest BCUT2D eigenvalue weighted by Crippen LogP contribution is 2.42. The van der Waals surface area contributed by atoms with Crippen LogP contribution in [0.3, 0.4) is 0 Å². The van der Waals surface area contributed by atoms with E-state index in [0.29, 0.717) is 28.0 Å². The minimum atomic E-state index is -4.85. The van der Waals surface area contributed by atoms with E-state index in [2.05, 4.69) is 4.74 Å². The second-order valence-electron chi connectivity index (χ2n) is 7.71. The Bertz CT molecular complexity index is 1050. The molecule has 0 N–H and O–H groups in total. The second kappa shape index (κ2) is 6.62. The molecule has 0 aliphatic carbocycles. The molecular weight excluding hydrogens is 399 g/mol. The summed E-state index contributed by atoms with van der Waals surface area (Å²) < 4.78 is 48.0. The van der Waals surface area contributed by atoms with Crippen molar-refractivity contribution in [2.45, 2.75) is 38.8 Å². The van der Waals surface area contributed by atoms with E-state index in [9.17, 15) is 22.8 Å². The fourth-order valence-electron chi connectivity index (χ4n) is 3.83. The molecule has 5 nitrogen and oxygen atoms in total. The summed E-state index contributed by atoms with van der Waals surface area (Å²) in [4.78, 5) is 26.9. The number of hydrogen-bond donors (Lipinski definition) is 0. The number of carbonyl (C=O) groups excluding carboxylic acids is 2. The summed E-state index contributed by atoms with van der Waals surface area (Å²) in [6.45, 7) is 5.23. The van der Waals surface area contributed by atoms with E-state index >= 15 is 0 Å². The van der Waals surface area contributed by atoms with Crippen LogP contribution < -0.4 is 9.47 Å². The third-order valence-electron chi connectivity index (χ3n) is 5.03. The van der Waals surface area contributed by atoms with E-state index in [-0.39, 0.29) is 0 Å². The zero-order chi connectivity index (χ0) is 21.8. The fourth-order valence-corrected chi connectivity index (χ4v) is 3.83. The first-order valence-electron chi connectivity index (χ1n) is 9.26. The van der Waals surface area contributed by atoms with Gasteiger partial charge in [0.15, 0.2) is 0 Å². The standard InChI is InChI=1S/C22H18F3NO4/c1-12(26-19(27)14-6-4-5-7-15(14)20(26)28)17-11-21(2,3)30-18-9-8-13(10-16(17)18)29-22(23,24)25/h4-12H,1-3H3. The number of ether oxygens (including phenoxy) is 2. The monoisotopic (exact) mass is 417 g/mol. The SMILES string of the molecule is CC(C1=CC(C)(C)Oc2ccc(OC(F)(F)F)cc21)N1C(=O)c2ccccc2C1=O. The van der Waals surface area contributed by atoms with Crippen LogP contribution in [0.25, 0.3) is 5.57 Å². The molecular formula is C22H18F3NO4. The Balaban J connectivity index is 1.77. The molecule has 156 valence electrons.